The van der Waals surface area contributed by atoms with Crippen molar-refractivity contribution in [3.63, 3.8) is 0 Å². The molecule has 2 rings (SSSR count). The van der Waals surface area contributed by atoms with Gasteiger partial charge in [0, 0.05) is 26.1 Å². The van der Waals surface area contributed by atoms with Crippen LogP contribution in [0, 0.1) is 11.8 Å². The molecule has 0 N–H and O–H groups in total. The second-order valence-corrected chi connectivity index (χ2v) is 5.89. The minimum absolute atomic E-state index is 0.0286. The van der Waals surface area contributed by atoms with Gasteiger partial charge in [-0.1, -0.05) is 0 Å². The van der Waals surface area contributed by atoms with Gasteiger partial charge in [-0.05, 0) is 51.4 Å². The molecule has 2 unspecified atom stereocenters. The first-order valence-electron chi connectivity index (χ1n) is 8.87. The Labute approximate surface area is 134 Å². The van der Waals surface area contributed by atoms with E-state index in [0.29, 0.717) is 0 Å². The summed E-state index contributed by atoms with van der Waals surface area (Å²) in [6.45, 7) is 3.19. The summed E-state index contributed by atoms with van der Waals surface area (Å²) in [6.07, 6.45) is 10.7. The first-order chi connectivity index (χ1) is 10.9. The van der Waals surface area contributed by atoms with E-state index in [1.807, 2.05) is 0 Å². The van der Waals surface area contributed by atoms with Gasteiger partial charge in [-0.3, -0.25) is 0 Å². The highest BCUT2D eigenvalue weighted by atomic mass is 16.7. The predicted molar refractivity (Wildman–Crippen MR) is 85.3 cm³/mol. The van der Waals surface area contributed by atoms with Crippen LogP contribution in [0.15, 0.2) is 0 Å². The van der Waals surface area contributed by atoms with Gasteiger partial charge < -0.3 is 18.9 Å². The van der Waals surface area contributed by atoms with E-state index < -0.39 is 0 Å². The van der Waals surface area contributed by atoms with E-state index in [-0.39, 0.29) is 12.6 Å². The van der Waals surface area contributed by atoms with E-state index in [0.717, 1.165) is 65.0 Å². The van der Waals surface area contributed by atoms with Crippen LogP contribution in [-0.4, -0.2) is 39.0 Å². The summed E-state index contributed by atoms with van der Waals surface area (Å²) in [4.78, 5) is 0. The Balaban J connectivity index is 1.36. The topological polar surface area (TPSA) is 36.9 Å². The summed E-state index contributed by atoms with van der Waals surface area (Å²) < 4.78 is 22.4. The molecule has 4 nitrogen and oxygen atoms in total. The van der Waals surface area contributed by atoms with Gasteiger partial charge in [-0.15, -0.1) is 11.8 Å². The first kappa shape index (κ1) is 17.7. The fraction of sp³-hybridized carbons (Fsp3) is 0.889. The zero-order valence-electron chi connectivity index (χ0n) is 13.7. The molecule has 2 saturated heterocycles. The standard InChI is InChI=1S/C18H30O4/c1(3-7-13-19-17-11-5-9-15-21-17)2-4-8-14-20-18-12-6-10-16-22-18/h17-18H,3-16H2. The molecular formula is C18H30O4. The third-order valence-electron chi connectivity index (χ3n) is 3.90. The summed E-state index contributed by atoms with van der Waals surface area (Å²) in [5, 5.41) is 0. The predicted octanol–water partition coefficient (Wildman–Crippen LogP) is 3.64. The van der Waals surface area contributed by atoms with Gasteiger partial charge >= 0.3 is 0 Å². The Bertz CT molecular complexity index is 292. The minimum Gasteiger partial charge on any atom is -0.353 e. The molecule has 0 aliphatic carbocycles. The summed E-state index contributed by atoms with van der Waals surface area (Å²) in [6, 6.07) is 0. The Morgan fingerprint density at radius 3 is 1.64 bits per heavy atom. The van der Waals surface area contributed by atoms with Crippen LogP contribution in [0.2, 0.25) is 0 Å². The molecule has 22 heavy (non-hydrogen) atoms. The van der Waals surface area contributed by atoms with Crippen molar-refractivity contribution in [3.05, 3.63) is 0 Å². The quantitative estimate of drug-likeness (QED) is 0.507. The molecule has 0 spiro atoms. The molecule has 2 heterocycles. The summed E-state index contributed by atoms with van der Waals surface area (Å²) in [7, 11) is 0. The molecule has 0 radical (unpaired) electrons. The van der Waals surface area contributed by atoms with Crippen molar-refractivity contribution in [2.75, 3.05) is 26.4 Å². The van der Waals surface area contributed by atoms with Crippen molar-refractivity contribution in [2.24, 2.45) is 0 Å². The minimum atomic E-state index is 0.0286. The number of hydrogen-bond donors (Lipinski definition) is 0. The summed E-state index contributed by atoms with van der Waals surface area (Å²) >= 11 is 0. The lowest BCUT2D eigenvalue weighted by molar-refractivity contribution is -0.162. The van der Waals surface area contributed by atoms with Crippen LogP contribution in [0.5, 0.6) is 0 Å². The maximum atomic E-state index is 5.67. The molecule has 0 aromatic heterocycles. The molecule has 0 saturated carbocycles. The summed E-state index contributed by atoms with van der Waals surface area (Å²) in [5.74, 6) is 6.41. The number of rotatable bonds is 8. The van der Waals surface area contributed by atoms with E-state index in [4.69, 9.17) is 18.9 Å². The second kappa shape index (κ2) is 11.9. The molecule has 0 aromatic carbocycles. The third-order valence-corrected chi connectivity index (χ3v) is 3.90. The zero-order chi connectivity index (χ0) is 15.3. The normalized spacial score (nSPS) is 25.5. The van der Waals surface area contributed by atoms with Crippen LogP contribution in [0.3, 0.4) is 0 Å². The van der Waals surface area contributed by atoms with Crippen LogP contribution >= 0.6 is 0 Å². The highest BCUT2D eigenvalue weighted by Gasteiger charge is 2.13. The molecule has 126 valence electrons. The Morgan fingerprint density at radius 2 is 1.23 bits per heavy atom. The smallest absolute Gasteiger partial charge is 0.157 e. The van der Waals surface area contributed by atoms with E-state index in [9.17, 15) is 0 Å². The van der Waals surface area contributed by atoms with E-state index in [1.54, 1.807) is 0 Å². The Hall–Kier alpha value is -0.600. The lowest BCUT2D eigenvalue weighted by atomic mass is 10.2. The van der Waals surface area contributed by atoms with Gasteiger partial charge in [0.2, 0.25) is 0 Å². The highest BCUT2D eigenvalue weighted by molar-refractivity contribution is 4.98. The summed E-state index contributed by atoms with van der Waals surface area (Å²) in [5.41, 5.74) is 0. The second-order valence-electron chi connectivity index (χ2n) is 5.89. The van der Waals surface area contributed by atoms with Crippen molar-refractivity contribution >= 4 is 0 Å². The van der Waals surface area contributed by atoms with Crippen LogP contribution in [0.4, 0.5) is 0 Å². The van der Waals surface area contributed by atoms with Crippen LogP contribution in [0.25, 0.3) is 0 Å². The van der Waals surface area contributed by atoms with Gasteiger partial charge in [0.25, 0.3) is 0 Å². The average Bonchev–Trinajstić information content (AvgIpc) is 2.58. The molecule has 2 aliphatic heterocycles. The van der Waals surface area contributed by atoms with Crippen molar-refractivity contribution in [2.45, 2.75) is 76.8 Å². The molecule has 0 bridgehead atoms. The van der Waals surface area contributed by atoms with E-state index in [1.165, 1.54) is 25.7 Å². The van der Waals surface area contributed by atoms with Gasteiger partial charge in [-0.25, -0.2) is 0 Å². The maximum Gasteiger partial charge on any atom is 0.157 e. The molecule has 4 heteroatoms. The molecule has 2 atom stereocenters. The fourth-order valence-corrected chi connectivity index (χ4v) is 2.61. The monoisotopic (exact) mass is 310 g/mol. The lowest BCUT2D eigenvalue weighted by Gasteiger charge is -2.22. The molecular weight excluding hydrogens is 280 g/mol. The molecule has 2 aliphatic rings. The third kappa shape index (κ3) is 8.14. The van der Waals surface area contributed by atoms with Gasteiger partial charge in [0.15, 0.2) is 12.6 Å². The van der Waals surface area contributed by atoms with Crippen molar-refractivity contribution in [1.29, 1.82) is 0 Å². The van der Waals surface area contributed by atoms with E-state index in [2.05, 4.69) is 11.8 Å². The maximum absolute atomic E-state index is 5.67. The first-order valence-corrected chi connectivity index (χ1v) is 8.87. The van der Waals surface area contributed by atoms with Crippen molar-refractivity contribution in [3.8, 4) is 11.8 Å². The van der Waals surface area contributed by atoms with Crippen molar-refractivity contribution < 1.29 is 18.9 Å². The van der Waals surface area contributed by atoms with Crippen LogP contribution < -0.4 is 0 Å². The highest BCUT2D eigenvalue weighted by Crippen LogP contribution is 2.14. The fourth-order valence-electron chi connectivity index (χ4n) is 2.61. The van der Waals surface area contributed by atoms with Crippen molar-refractivity contribution in [1.82, 2.24) is 0 Å². The number of hydrogen-bond acceptors (Lipinski definition) is 4. The SMILES string of the molecule is C(#CCCCOC1CCCCO1)CCCOC1CCCCO1. The molecule has 2 fully saturated rings. The largest absolute Gasteiger partial charge is 0.353 e. The van der Waals surface area contributed by atoms with Gasteiger partial charge in [0.1, 0.15) is 0 Å². The molecule has 0 amide bonds. The lowest BCUT2D eigenvalue weighted by Crippen LogP contribution is -2.22. The number of ether oxygens (including phenoxy) is 4. The van der Waals surface area contributed by atoms with Crippen LogP contribution in [0.1, 0.15) is 64.2 Å². The zero-order valence-corrected chi connectivity index (χ0v) is 13.7. The Kier molecular flexibility index (Phi) is 9.60. The van der Waals surface area contributed by atoms with Gasteiger partial charge in [-0.2, -0.15) is 0 Å². The number of unbranched alkanes of at least 4 members (excludes halogenated alkanes) is 2. The molecule has 0 aromatic rings. The van der Waals surface area contributed by atoms with Crippen LogP contribution in [-0.2, 0) is 18.9 Å². The average molecular weight is 310 g/mol. The Morgan fingerprint density at radius 1 is 0.727 bits per heavy atom. The van der Waals surface area contributed by atoms with Gasteiger partial charge in [0.05, 0.1) is 13.2 Å². The van der Waals surface area contributed by atoms with E-state index >= 15 is 0 Å².